The molecule has 0 fully saturated rings. The maximum absolute atomic E-state index is 12.3. The van der Waals surface area contributed by atoms with Crippen LogP contribution >= 0.6 is 11.6 Å². The van der Waals surface area contributed by atoms with Gasteiger partial charge in [0.15, 0.2) is 0 Å². The molecule has 0 N–H and O–H groups in total. The van der Waals surface area contributed by atoms with Gasteiger partial charge < -0.3 is 9.47 Å². The third-order valence-electron chi connectivity index (χ3n) is 4.88. The Bertz CT molecular complexity index is 799. The minimum atomic E-state index is -0.829. The quantitative estimate of drug-likeness (QED) is 0.461. The van der Waals surface area contributed by atoms with E-state index in [-0.39, 0.29) is 11.8 Å². The van der Waals surface area contributed by atoms with Crippen LogP contribution in [0.5, 0.6) is 11.5 Å². The topological polar surface area (TPSA) is 35.5 Å². The highest BCUT2D eigenvalue weighted by atomic mass is 35.5. The van der Waals surface area contributed by atoms with Crippen LogP contribution in [0.4, 0.5) is 0 Å². The van der Waals surface area contributed by atoms with Crippen LogP contribution in [0.1, 0.15) is 34.7 Å². The second kappa shape index (κ2) is 6.14. The largest absolute Gasteiger partial charge is 0.488 e. The molecule has 4 heteroatoms. The summed E-state index contributed by atoms with van der Waals surface area (Å²) in [4.78, 5) is 12.3. The molecule has 1 unspecified atom stereocenters. The van der Waals surface area contributed by atoms with Gasteiger partial charge in [0, 0.05) is 11.4 Å². The first-order valence-electron chi connectivity index (χ1n) is 7.99. The first-order valence-corrected chi connectivity index (χ1v) is 8.52. The summed E-state index contributed by atoms with van der Waals surface area (Å²) in [6.07, 6.45) is 0. The van der Waals surface area contributed by atoms with Gasteiger partial charge in [-0.2, -0.15) is 0 Å². The van der Waals surface area contributed by atoms with Gasteiger partial charge in [-0.25, -0.2) is 0 Å². The highest BCUT2D eigenvalue weighted by Gasteiger charge is 2.47. The molecule has 1 heterocycles. The first kappa shape index (κ1) is 16.8. The Morgan fingerprint density at radius 1 is 1.08 bits per heavy atom. The van der Waals surface area contributed by atoms with E-state index in [9.17, 15) is 4.79 Å². The number of alkyl halides is 1. The Kier molecular flexibility index (Phi) is 4.31. The van der Waals surface area contributed by atoms with Gasteiger partial charge in [-0.05, 0) is 49.9 Å². The molecular formula is C20H21ClO3. The molecule has 1 aliphatic rings. The lowest BCUT2D eigenvalue weighted by Crippen LogP contribution is -2.32. The molecule has 2 aromatic carbocycles. The Balaban J connectivity index is 2.06. The molecule has 0 amide bonds. The summed E-state index contributed by atoms with van der Waals surface area (Å²) in [5.41, 5.74) is 3.98. The molecule has 0 bridgehead atoms. The van der Waals surface area contributed by atoms with Crippen LogP contribution < -0.4 is 9.47 Å². The highest BCUT2D eigenvalue weighted by Crippen LogP contribution is 2.49. The van der Waals surface area contributed by atoms with E-state index in [1.54, 1.807) is 0 Å². The molecule has 1 aliphatic heterocycles. The van der Waals surface area contributed by atoms with Crippen LogP contribution in [0, 0.1) is 20.8 Å². The van der Waals surface area contributed by atoms with Gasteiger partial charge in [0.25, 0.3) is 0 Å². The number of ether oxygens (including phenoxy) is 2. The lowest BCUT2D eigenvalue weighted by molar-refractivity contribution is -0.137. The van der Waals surface area contributed by atoms with E-state index in [1.807, 2.05) is 58.0 Å². The monoisotopic (exact) mass is 344 g/mol. The average Bonchev–Trinajstić information content (AvgIpc) is 2.86. The Hall–Kier alpha value is -2.00. The normalized spacial score (nSPS) is 19.1. The van der Waals surface area contributed by atoms with Crippen molar-refractivity contribution in [2.75, 3.05) is 5.88 Å². The van der Waals surface area contributed by atoms with Gasteiger partial charge in [-0.1, -0.05) is 30.3 Å². The second-order valence-electron chi connectivity index (χ2n) is 6.54. The lowest BCUT2D eigenvalue weighted by atomic mass is 9.81. The van der Waals surface area contributed by atoms with Crippen molar-refractivity contribution in [1.29, 1.82) is 0 Å². The first-order chi connectivity index (χ1) is 11.4. The summed E-state index contributed by atoms with van der Waals surface area (Å²) in [5.74, 6) is 1.34. The van der Waals surface area contributed by atoms with Crippen molar-refractivity contribution < 1.29 is 14.3 Å². The van der Waals surface area contributed by atoms with Crippen molar-refractivity contribution in [3.63, 3.8) is 0 Å². The van der Waals surface area contributed by atoms with Gasteiger partial charge >= 0.3 is 5.97 Å². The smallest absolute Gasteiger partial charge is 0.323 e. The SMILES string of the molecule is Cc1c(C)c2c(c(C)c1OCc1ccccc1)C(C)(CCl)C(=O)O2. The molecule has 0 saturated carbocycles. The van der Waals surface area contributed by atoms with E-state index in [0.29, 0.717) is 12.4 Å². The number of benzene rings is 2. The van der Waals surface area contributed by atoms with Crippen molar-refractivity contribution in [2.24, 2.45) is 0 Å². The van der Waals surface area contributed by atoms with Crippen LogP contribution in [0.3, 0.4) is 0 Å². The number of hydrogen-bond donors (Lipinski definition) is 0. The summed E-state index contributed by atoms with van der Waals surface area (Å²) < 4.78 is 11.7. The van der Waals surface area contributed by atoms with Gasteiger partial charge in [-0.15, -0.1) is 11.6 Å². The van der Waals surface area contributed by atoms with E-state index in [4.69, 9.17) is 21.1 Å². The molecule has 24 heavy (non-hydrogen) atoms. The average molecular weight is 345 g/mol. The third-order valence-corrected chi connectivity index (χ3v) is 5.41. The standard InChI is InChI=1S/C20H21ClO3/c1-12-13(2)18-16(20(4,11-21)19(22)24-18)14(3)17(12)23-10-15-8-6-5-7-9-15/h5-9H,10-11H2,1-4H3. The van der Waals surface area contributed by atoms with Crippen LogP contribution in [0.2, 0.25) is 0 Å². The summed E-state index contributed by atoms with van der Waals surface area (Å²) in [6.45, 7) is 8.23. The van der Waals surface area contributed by atoms with Gasteiger partial charge in [0.2, 0.25) is 0 Å². The van der Waals surface area contributed by atoms with E-state index in [0.717, 1.165) is 33.6 Å². The fourth-order valence-corrected chi connectivity index (χ4v) is 3.50. The summed E-state index contributed by atoms with van der Waals surface area (Å²) in [6, 6.07) is 10.0. The molecular weight excluding hydrogens is 324 g/mol. The summed E-state index contributed by atoms with van der Waals surface area (Å²) in [7, 11) is 0. The fourth-order valence-electron chi connectivity index (χ4n) is 3.26. The summed E-state index contributed by atoms with van der Waals surface area (Å²) >= 11 is 6.12. The Morgan fingerprint density at radius 2 is 1.75 bits per heavy atom. The van der Waals surface area contributed by atoms with Gasteiger partial charge in [0.05, 0.1) is 0 Å². The van der Waals surface area contributed by atoms with Gasteiger partial charge in [0.1, 0.15) is 23.5 Å². The number of fused-ring (bicyclic) bond motifs is 1. The van der Waals surface area contributed by atoms with E-state index < -0.39 is 5.41 Å². The number of hydrogen-bond acceptors (Lipinski definition) is 3. The number of carbonyl (C=O) groups excluding carboxylic acids is 1. The molecule has 0 aromatic heterocycles. The molecule has 0 radical (unpaired) electrons. The van der Waals surface area contributed by atoms with E-state index in [2.05, 4.69) is 0 Å². The fraction of sp³-hybridized carbons (Fsp3) is 0.350. The van der Waals surface area contributed by atoms with Crippen molar-refractivity contribution in [1.82, 2.24) is 0 Å². The van der Waals surface area contributed by atoms with Crippen LogP contribution in [-0.2, 0) is 16.8 Å². The maximum Gasteiger partial charge on any atom is 0.323 e. The van der Waals surface area contributed by atoms with Gasteiger partial charge in [-0.3, -0.25) is 4.79 Å². The van der Waals surface area contributed by atoms with Crippen molar-refractivity contribution >= 4 is 17.6 Å². The highest BCUT2D eigenvalue weighted by molar-refractivity contribution is 6.21. The minimum Gasteiger partial charge on any atom is -0.488 e. The van der Waals surface area contributed by atoms with E-state index in [1.165, 1.54) is 0 Å². The van der Waals surface area contributed by atoms with Crippen LogP contribution in [-0.4, -0.2) is 11.8 Å². The molecule has 0 saturated heterocycles. The number of rotatable bonds is 4. The molecule has 0 aliphatic carbocycles. The maximum atomic E-state index is 12.3. The van der Waals surface area contributed by atoms with Crippen molar-refractivity contribution in [3.05, 3.63) is 58.1 Å². The summed E-state index contributed by atoms with van der Waals surface area (Å²) in [5, 5.41) is 0. The third kappa shape index (κ3) is 2.48. The molecule has 1 atom stereocenters. The zero-order valence-corrected chi connectivity index (χ0v) is 15.2. The zero-order chi connectivity index (χ0) is 17.5. The Morgan fingerprint density at radius 3 is 2.38 bits per heavy atom. The Labute approximate surface area is 147 Å². The number of esters is 1. The van der Waals surface area contributed by atoms with Crippen LogP contribution in [0.15, 0.2) is 30.3 Å². The molecule has 2 aromatic rings. The van der Waals surface area contributed by atoms with Crippen molar-refractivity contribution in [2.45, 2.75) is 39.7 Å². The van der Waals surface area contributed by atoms with Crippen molar-refractivity contribution in [3.8, 4) is 11.5 Å². The van der Waals surface area contributed by atoms with Crippen LogP contribution in [0.25, 0.3) is 0 Å². The second-order valence-corrected chi connectivity index (χ2v) is 6.81. The minimum absolute atomic E-state index is 0.181. The number of carbonyl (C=O) groups is 1. The van der Waals surface area contributed by atoms with E-state index >= 15 is 0 Å². The predicted molar refractivity (Wildman–Crippen MR) is 95.1 cm³/mol. The molecule has 0 spiro atoms. The lowest BCUT2D eigenvalue weighted by Gasteiger charge is -2.22. The molecule has 126 valence electrons. The molecule has 3 nitrogen and oxygen atoms in total. The zero-order valence-electron chi connectivity index (χ0n) is 14.4. The number of halogens is 1. The predicted octanol–water partition coefficient (Wildman–Crippen LogP) is 4.61. The molecule has 3 rings (SSSR count).